The Labute approximate surface area is 191 Å². The number of rotatable bonds is 4. The second-order valence-electron chi connectivity index (χ2n) is 9.24. The summed E-state index contributed by atoms with van der Waals surface area (Å²) in [6.07, 6.45) is 0.382. The molecule has 0 unspecified atom stereocenters. The van der Waals surface area contributed by atoms with E-state index < -0.39 is 11.7 Å². The van der Waals surface area contributed by atoms with Crippen LogP contribution in [0.1, 0.15) is 53.3 Å². The number of nitrogens with zero attached hydrogens (tertiary/aromatic N) is 1. The van der Waals surface area contributed by atoms with Gasteiger partial charge in [0.05, 0.1) is 5.56 Å². The van der Waals surface area contributed by atoms with E-state index in [1.165, 1.54) is 47.4 Å². The lowest BCUT2D eigenvalue weighted by Gasteiger charge is -2.39. The molecule has 1 saturated carbocycles. The highest BCUT2D eigenvalue weighted by molar-refractivity contribution is 7.10. The number of alkyl halides is 3. The van der Waals surface area contributed by atoms with Crippen molar-refractivity contribution in [2.45, 2.75) is 50.7 Å². The lowest BCUT2D eigenvalue weighted by atomic mass is 9.66. The first-order valence-electron chi connectivity index (χ1n) is 11.1. The predicted octanol–water partition coefficient (Wildman–Crippen LogP) is 7.90. The smallest absolute Gasteiger partial charge is 0.367 e. The van der Waals surface area contributed by atoms with Gasteiger partial charge in [-0.15, -0.1) is 11.3 Å². The highest BCUT2D eigenvalue weighted by Gasteiger charge is 2.34. The van der Waals surface area contributed by atoms with Crippen molar-refractivity contribution >= 4 is 17.0 Å². The van der Waals surface area contributed by atoms with Crippen molar-refractivity contribution in [2.75, 3.05) is 6.54 Å². The molecule has 5 rings (SSSR count). The summed E-state index contributed by atoms with van der Waals surface area (Å²) in [4.78, 5) is 3.63. The van der Waals surface area contributed by atoms with Gasteiger partial charge in [0.25, 0.3) is 0 Å². The summed E-state index contributed by atoms with van der Waals surface area (Å²) in [7, 11) is 0. The third-order valence-electron chi connectivity index (χ3n) is 7.19. The number of thiophene rings is 1. The maximum Gasteiger partial charge on any atom is 0.416 e. The monoisotopic (exact) mass is 453 g/mol. The fraction of sp³-hybridized carbons (Fsp3) is 0.333. The lowest BCUT2D eigenvalue weighted by molar-refractivity contribution is -0.137. The summed E-state index contributed by atoms with van der Waals surface area (Å²) in [5, 5.41) is 2.08. The quantitative estimate of drug-likeness (QED) is 0.388. The van der Waals surface area contributed by atoms with Gasteiger partial charge < -0.3 is 4.90 Å². The van der Waals surface area contributed by atoms with E-state index in [1.54, 1.807) is 23.5 Å². The highest BCUT2D eigenvalue weighted by Crippen LogP contribution is 2.44. The predicted molar refractivity (Wildman–Crippen MR) is 126 cm³/mol. The Morgan fingerprint density at radius 1 is 1.09 bits per heavy atom. The molecule has 0 saturated heterocycles. The maximum absolute atomic E-state index is 13.0. The summed E-state index contributed by atoms with van der Waals surface area (Å²) in [6.45, 7) is 8.39. The number of halogens is 3. The molecule has 0 amide bonds. The normalized spacial score (nSPS) is 17.6. The Morgan fingerprint density at radius 2 is 1.84 bits per heavy atom. The van der Waals surface area contributed by atoms with Gasteiger partial charge in [0.1, 0.15) is 0 Å². The number of hydrogen-bond acceptors (Lipinski definition) is 2. The van der Waals surface area contributed by atoms with Crippen LogP contribution in [0.15, 0.2) is 60.5 Å². The number of fused-ring (bicyclic) bond motifs is 1. The van der Waals surface area contributed by atoms with E-state index in [9.17, 15) is 13.2 Å². The van der Waals surface area contributed by atoms with Crippen LogP contribution in [0.5, 0.6) is 0 Å². The molecule has 0 bridgehead atoms. The van der Waals surface area contributed by atoms with Crippen LogP contribution < -0.4 is 0 Å². The molecule has 1 aromatic heterocycles. The van der Waals surface area contributed by atoms with E-state index in [0.29, 0.717) is 0 Å². The molecule has 1 aliphatic carbocycles. The average molecular weight is 454 g/mol. The van der Waals surface area contributed by atoms with Gasteiger partial charge in [-0.1, -0.05) is 50.3 Å². The minimum atomic E-state index is -4.31. The van der Waals surface area contributed by atoms with Gasteiger partial charge in [-0.25, -0.2) is 0 Å². The molecule has 2 aliphatic rings. The molecule has 1 aliphatic heterocycles. The van der Waals surface area contributed by atoms with Crippen molar-refractivity contribution in [1.29, 1.82) is 0 Å². The second kappa shape index (κ2) is 7.80. The van der Waals surface area contributed by atoms with E-state index in [4.69, 9.17) is 0 Å². The Hall–Kier alpha value is -2.53. The molecule has 2 heterocycles. The second-order valence-corrected chi connectivity index (χ2v) is 10.2. The van der Waals surface area contributed by atoms with Crippen LogP contribution in [0.4, 0.5) is 13.2 Å². The van der Waals surface area contributed by atoms with Gasteiger partial charge in [-0.05, 0) is 76.1 Å². The molecule has 5 heteroatoms. The van der Waals surface area contributed by atoms with Crippen LogP contribution in [-0.2, 0) is 24.6 Å². The van der Waals surface area contributed by atoms with E-state index in [2.05, 4.69) is 48.0 Å². The number of hydrogen-bond donors (Lipinski definition) is 0. The molecule has 2 aromatic carbocycles. The van der Waals surface area contributed by atoms with E-state index in [0.717, 1.165) is 41.9 Å². The molecule has 0 radical (unpaired) electrons. The van der Waals surface area contributed by atoms with Gasteiger partial charge in [0, 0.05) is 23.7 Å². The van der Waals surface area contributed by atoms with Crippen LogP contribution in [-0.4, -0.2) is 11.4 Å². The Balaban J connectivity index is 1.39. The minimum Gasteiger partial charge on any atom is -0.367 e. The van der Waals surface area contributed by atoms with Crippen molar-refractivity contribution < 1.29 is 13.2 Å². The largest absolute Gasteiger partial charge is 0.416 e. The first-order chi connectivity index (χ1) is 15.2. The van der Waals surface area contributed by atoms with Crippen LogP contribution in [0, 0.1) is 0 Å². The standard InChI is InChI=1S/C27H26F3NS/c1-18(20-5-3-6-22(15-20)26(2)12-4-13-26)31-14-11-25-23(16-31)24(17-32-25)19-7-9-21(10-8-19)27(28,29)30/h3,5-10,15,17H,1,4,11-14,16H2,2H3. The zero-order valence-electron chi connectivity index (χ0n) is 18.1. The molecular weight excluding hydrogens is 427 g/mol. The topological polar surface area (TPSA) is 3.24 Å². The van der Waals surface area contributed by atoms with Crippen LogP contribution >= 0.6 is 11.3 Å². The maximum atomic E-state index is 13.0. The van der Waals surface area contributed by atoms with Crippen molar-refractivity contribution in [1.82, 2.24) is 4.90 Å². The van der Waals surface area contributed by atoms with Gasteiger partial charge in [-0.3, -0.25) is 0 Å². The Kier molecular flexibility index (Phi) is 5.20. The van der Waals surface area contributed by atoms with Gasteiger partial charge in [0.2, 0.25) is 0 Å². The summed E-state index contributed by atoms with van der Waals surface area (Å²) in [5.74, 6) is 0. The van der Waals surface area contributed by atoms with Gasteiger partial charge >= 0.3 is 6.18 Å². The minimum absolute atomic E-state index is 0.286. The fourth-order valence-electron chi connectivity index (χ4n) is 4.88. The summed E-state index contributed by atoms with van der Waals surface area (Å²) in [5.41, 5.74) is 6.32. The first kappa shape index (κ1) is 21.3. The molecule has 1 fully saturated rings. The van der Waals surface area contributed by atoms with E-state index >= 15 is 0 Å². The first-order valence-corrected chi connectivity index (χ1v) is 11.9. The molecule has 0 spiro atoms. The summed E-state index contributed by atoms with van der Waals surface area (Å²) < 4.78 is 38.9. The van der Waals surface area contributed by atoms with E-state index in [1.807, 2.05) is 0 Å². The third kappa shape index (κ3) is 3.77. The van der Waals surface area contributed by atoms with Crippen molar-refractivity contribution in [3.63, 3.8) is 0 Å². The fourth-order valence-corrected chi connectivity index (χ4v) is 5.94. The van der Waals surface area contributed by atoms with Gasteiger partial charge in [-0.2, -0.15) is 13.2 Å². The highest BCUT2D eigenvalue weighted by atomic mass is 32.1. The average Bonchev–Trinajstić information content (AvgIpc) is 3.20. The lowest BCUT2D eigenvalue weighted by Crippen LogP contribution is -2.31. The SMILES string of the molecule is C=C(c1cccc(C2(C)CCC2)c1)N1CCc2scc(-c3ccc(C(F)(F)F)cc3)c2C1. The van der Waals surface area contributed by atoms with Crippen molar-refractivity contribution in [2.24, 2.45) is 0 Å². The van der Waals surface area contributed by atoms with Gasteiger partial charge in [0.15, 0.2) is 0 Å². The molecule has 0 N–H and O–H groups in total. The van der Waals surface area contributed by atoms with Crippen LogP contribution in [0.25, 0.3) is 16.8 Å². The molecule has 0 atom stereocenters. The molecular formula is C27H26F3NS. The molecule has 166 valence electrons. The molecule has 1 nitrogen and oxygen atoms in total. The zero-order valence-corrected chi connectivity index (χ0v) is 19.0. The van der Waals surface area contributed by atoms with Crippen LogP contribution in [0.3, 0.4) is 0 Å². The van der Waals surface area contributed by atoms with E-state index in [-0.39, 0.29) is 5.41 Å². The Morgan fingerprint density at radius 3 is 2.50 bits per heavy atom. The molecule has 3 aromatic rings. The molecule has 32 heavy (non-hydrogen) atoms. The van der Waals surface area contributed by atoms with Crippen molar-refractivity contribution in [3.05, 3.63) is 87.6 Å². The summed E-state index contributed by atoms with van der Waals surface area (Å²) >= 11 is 1.70. The van der Waals surface area contributed by atoms with Crippen molar-refractivity contribution in [3.8, 4) is 11.1 Å². The van der Waals surface area contributed by atoms with Crippen LogP contribution in [0.2, 0.25) is 0 Å². The Bertz CT molecular complexity index is 1150. The third-order valence-corrected chi connectivity index (χ3v) is 8.28. The zero-order chi connectivity index (χ0) is 22.5. The number of benzene rings is 2. The summed E-state index contributed by atoms with van der Waals surface area (Å²) in [6, 6.07) is 14.3.